The zero-order valence-electron chi connectivity index (χ0n) is 16.5. The van der Waals surface area contributed by atoms with Gasteiger partial charge in [0.05, 0.1) is 22.7 Å². The van der Waals surface area contributed by atoms with Crippen molar-refractivity contribution in [1.82, 2.24) is 14.9 Å². The number of hydrogen-bond donors (Lipinski definition) is 0. The van der Waals surface area contributed by atoms with Crippen LogP contribution in [0.1, 0.15) is 41.9 Å². The van der Waals surface area contributed by atoms with E-state index in [1.807, 2.05) is 31.2 Å². The first-order chi connectivity index (χ1) is 13.8. The number of aromatic nitrogens is 2. The highest BCUT2D eigenvalue weighted by molar-refractivity contribution is 7.99. The second-order valence-corrected chi connectivity index (χ2v) is 10.8. The summed E-state index contributed by atoms with van der Waals surface area (Å²) in [6.07, 6.45) is 2.78. The number of rotatable bonds is 7. The second kappa shape index (κ2) is 9.45. The Morgan fingerprint density at radius 1 is 1.24 bits per heavy atom. The summed E-state index contributed by atoms with van der Waals surface area (Å²) in [5.74, 6) is 0.455. The molecule has 0 saturated carbocycles. The molecule has 1 fully saturated rings. The third-order valence-electron chi connectivity index (χ3n) is 4.89. The van der Waals surface area contributed by atoms with Crippen molar-refractivity contribution in [1.29, 1.82) is 0 Å². The third kappa shape index (κ3) is 5.49. The maximum Gasteiger partial charge on any atom is 0.274 e. The standard InChI is InChI=1S/C20H24ClN3O3S2/c1-3-14-5-7-15(8-6-14)12-24(16-9-10-29(26,27)13-16)19(25)18-17(21)11-22-20(23-18)28-4-2/h5-8,11,16H,3-4,9-10,12-13H2,1-2H3/t16-/m1/s1. The average molecular weight is 454 g/mol. The Labute approximate surface area is 181 Å². The van der Waals surface area contributed by atoms with Gasteiger partial charge in [-0.1, -0.05) is 61.5 Å². The summed E-state index contributed by atoms with van der Waals surface area (Å²) in [5, 5.41) is 0.647. The number of carbonyl (C=O) groups is 1. The van der Waals surface area contributed by atoms with E-state index in [-0.39, 0.29) is 28.1 Å². The molecule has 0 unspecified atom stereocenters. The first kappa shape index (κ1) is 22.1. The van der Waals surface area contributed by atoms with Crippen LogP contribution in [0.2, 0.25) is 5.02 Å². The minimum Gasteiger partial charge on any atom is -0.329 e. The fraction of sp³-hybridized carbons (Fsp3) is 0.450. The lowest BCUT2D eigenvalue weighted by Crippen LogP contribution is -2.41. The normalized spacial score (nSPS) is 18.0. The van der Waals surface area contributed by atoms with Crippen LogP contribution in [0.3, 0.4) is 0 Å². The summed E-state index contributed by atoms with van der Waals surface area (Å²) >= 11 is 7.66. The molecular weight excluding hydrogens is 430 g/mol. The molecule has 29 heavy (non-hydrogen) atoms. The molecule has 1 aliphatic rings. The molecule has 6 nitrogen and oxygen atoms in total. The number of benzene rings is 1. The Balaban J connectivity index is 1.93. The molecule has 9 heteroatoms. The van der Waals surface area contributed by atoms with Gasteiger partial charge in [-0.2, -0.15) is 0 Å². The van der Waals surface area contributed by atoms with Gasteiger partial charge in [0.25, 0.3) is 5.91 Å². The van der Waals surface area contributed by atoms with Crippen LogP contribution >= 0.6 is 23.4 Å². The molecule has 156 valence electrons. The first-order valence-electron chi connectivity index (χ1n) is 9.57. The molecule has 1 atom stereocenters. The Bertz CT molecular complexity index is 981. The topological polar surface area (TPSA) is 80.2 Å². The van der Waals surface area contributed by atoms with Gasteiger partial charge in [0.1, 0.15) is 0 Å². The third-order valence-corrected chi connectivity index (χ3v) is 7.66. The van der Waals surface area contributed by atoms with E-state index in [2.05, 4.69) is 16.9 Å². The summed E-state index contributed by atoms with van der Waals surface area (Å²) < 4.78 is 24.1. The summed E-state index contributed by atoms with van der Waals surface area (Å²) in [6, 6.07) is 7.60. The van der Waals surface area contributed by atoms with Crippen molar-refractivity contribution in [3.63, 3.8) is 0 Å². The highest BCUT2D eigenvalue weighted by Crippen LogP contribution is 2.25. The number of aryl methyl sites for hydroxylation is 1. The fourth-order valence-corrected chi connectivity index (χ4v) is 5.74. The van der Waals surface area contributed by atoms with E-state index in [1.165, 1.54) is 23.5 Å². The number of carbonyl (C=O) groups excluding carboxylic acids is 1. The van der Waals surface area contributed by atoms with Gasteiger partial charge in [0.15, 0.2) is 20.7 Å². The summed E-state index contributed by atoms with van der Waals surface area (Å²) in [6.45, 7) is 4.36. The van der Waals surface area contributed by atoms with Crippen LogP contribution in [-0.4, -0.2) is 52.5 Å². The summed E-state index contributed by atoms with van der Waals surface area (Å²) in [7, 11) is -3.15. The van der Waals surface area contributed by atoms with E-state index in [4.69, 9.17) is 11.6 Å². The van der Waals surface area contributed by atoms with E-state index in [0.717, 1.165) is 17.7 Å². The molecular formula is C20H24ClN3O3S2. The van der Waals surface area contributed by atoms with Crippen LogP contribution in [0, 0.1) is 0 Å². The lowest BCUT2D eigenvalue weighted by molar-refractivity contribution is 0.0674. The van der Waals surface area contributed by atoms with E-state index >= 15 is 0 Å². The second-order valence-electron chi connectivity index (χ2n) is 6.94. The van der Waals surface area contributed by atoms with Crippen molar-refractivity contribution >= 4 is 39.1 Å². The summed E-state index contributed by atoms with van der Waals surface area (Å²) in [5.41, 5.74) is 2.26. The number of halogens is 1. The average Bonchev–Trinajstić information content (AvgIpc) is 3.07. The van der Waals surface area contributed by atoms with Crippen LogP contribution in [0.15, 0.2) is 35.6 Å². The highest BCUT2D eigenvalue weighted by atomic mass is 35.5. The van der Waals surface area contributed by atoms with Crippen molar-refractivity contribution in [3.8, 4) is 0 Å². The number of thioether (sulfide) groups is 1. The van der Waals surface area contributed by atoms with Gasteiger partial charge in [-0.15, -0.1) is 0 Å². The number of sulfone groups is 1. The predicted octanol–water partition coefficient (Wildman–Crippen LogP) is 3.63. The van der Waals surface area contributed by atoms with Crippen LogP contribution in [-0.2, 0) is 22.8 Å². The Morgan fingerprint density at radius 3 is 2.52 bits per heavy atom. The highest BCUT2D eigenvalue weighted by Gasteiger charge is 2.36. The Kier molecular flexibility index (Phi) is 7.19. The molecule has 1 aromatic carbocycles. The molecule has 0 aliphatic carbocycles. The first-order valence-corrected chi connectivity index (χ1v) is 12.8. The van der Waals surface area contributed by atoms with Crippen LogP contribution in [0.25, 0.3) is 0 Å². The van der Waals surface area contributed by atoms with Crippen LogP contribution < -0.4 is 0 Å². The predicted molar refractivity (Wildman–Crippen MR) is 116 cm³/mol. The zero-order chi connectivity index (χ0) is 21.0. The van der Waals surface area contributed by atoms with Gasteiger partial charge in [-0.05, 0) is 29.7 Å². The van der Waals surface area contributed by atoms with Gasteiger partial charge >= 0.3 is 0 Å². The van der Waals surface area contributed by atoms with Gasteiger partial charge in [0.2, 0.25) is 0 Å². The molecule has 0 bridgehead atoms. The van der Waals surface area contributed by atoms with Crippen molar-refractivity contribution in [3.05, 3.63) is 52.3 Å². The molecule has 1 aromatic heterocycles. The molecule has 1 saturated heterocycles. The molecule has 0 spiro atoms. The molecule has 0 radical (unpaired) electrons. The number of hydrogen-bond acceptors (Lipinski definition) is 6. The number of nitrogens with zero attached hydrogens (tertiary/aromatic N) is 3. The van der Waals surface area contributed by atoms with Gasteiger partial charge < -0.3 is 4.90 Å². The lowest BCUT2D eigenvalue weighted by atomic mass is 10.1. The van der Waals surface area contributed by atoms with Crippen molar-refractivity contribution in [2.75, 3.05) is 17.3 Å². The summed E-state index contributed by atoms with van der Waals surface area (Å²) in [4.78, 5) is 23.5. The Morgan fingerprint density at radius 2 is 1.93 bits per heavy atom. The molecule has 2 heterocycles. The van der Waals surface area contributed by atoms with Crippen molar-refractivity contribution in [2.24, 2.45) is 0 Å². The molecule has 3 rings (SSSR count). The monoisotopic (exact) mass is 453 g/mol. The molecule has 1 amide bonds. The number of amides is 1. The lowest BCUT2D eigenvalue weighted by Gasteiger charge is -2.28. The van der Waals surface area contributed by atoms with E-state index < -0.39 is 15.9 Å². The van der Waals surface area contributed by atoms with Gasteiger partial charge in [-0.25, -0.2) is 18.4 Å². The van der Waals surface area contributed by atoms with Crippen molar-refractivity contribution < 1.29 is 13.2 Å². The Hall–Kier alpha value is -1.64. The van der Waals surface area contributed by atoms with Gasteiger partial charge in [0, 0.05) is 12.6 Å². The minimum atomic E-state index is -3.15. The van der Waals surface area contributed by atoms with E-state index in [9.17, 15) is 13.2 Å². The maximum atomic E-state index is 13.4. The molecule has 1 aliphatic heterocycles. The largest absolute Gasteiger partial charge is 0.329 e. The van der Waals surface area contributed by atoms with E-state index in [0.29, 0.717) is 18.1 Å². The van der Waals surface area contributed by atoms with Crippen LogP contribution in [0.4, 0.5) is 0 Å². The quantitative estimate of drug-likeness (QED) is 0.470. The zero-order valence-corrected chi connectivity index (χ0v) is 18.9. The smallest absolute Gasteiger partial charge is 0.274 e. The van der Waals surface area contributed by atoms with Crippen molar-refractivity contribution in [2.45, 2.75) is 44.4 Å². The molecule has 0 N–H and O–H groups in total. The minimum absolute atomic E-state index is 0.0367. The molecule has 2 aromatic rings. The SMILES string of the molecule is CCSc1ncc(Cl)c(C(=O)N(Cc2ccc(CC)cc2)[C@@H]2CCS(=O)(=O)C2)n1. The maximum absolute atomic E-state index is 13.4. The fourth-order valence-electron chi connectivity index (χ4n) is 3.30. The van der Waals surface area contributed by atoms with Gasteiger partial charge in [-0.3, -0.25) is 4.79 Å². The van der Waals surface area contributed by atoms with Crippen LogP contribution in [0.5, 0.6) is 0 Å². The van der Waals surface area contributed by atoms with E-state index in [1.54, 1.807) is 4.90 Å².